The van der Waals surface area contributed by atoms with Gasteiger partial charge in [-0.1, -0.05) is 18.2 Å². The summed E-state index contributed by atoms with van der Waals surface area (Å²) in [6.07, 6.45) is -0.147. The first-order valence-electron chi connectivity index (χ1n) is 7.51. The first kappa shape index (κ1) is 16.3. The summed E-state index contributed by atoms with van der Waals surface area (Å²) in [5.74, 6) is 0. The summed E-state index contributed by atoms with van der Waals surface area (Å²) in [4.78, 5) is 4.55. The normalized spacial score (nSPS) is 21.4. The largest absolute Gasteiger partial charge is 0.329 e. The van der Waals surface area contributed by atoms with Crippen molar-refractivity contribution in [1.82, 2.24) is 9.80 Å². The van der Waals surface area contributed by atoms with Gasteiger partial charge in [-0.3, -0.25) is 4.90 Å². The van der Waals surface area contributed by atoms with Crippen LogP contribution in [0.1, 0.15) is 36.4 Å². The van der Waals surface area contributed by atoms with Crippen LogP contribution in [-0.2, 0) is 0 Å². The van der Waals surface area contributed by atoms with Gasteiger partial charge < -0.3 is 10.6 Å². The number of hydrogen-bond donors (Lipinski definition) is 1. The van der Waals surface area contributed by atoms with E-state index in [0.29, 0.717) is 12.6 Å². The summed E-state index contributed by atoms with van der Waals surface area (Å²) in [5.41, 5.74) is 6.94. The van der Waals surface area contributed by atoms with Crippen LogP contribution < -0.4 is 5.73 Å². The van der Waals surface area contributed by atoms with Crippen molar-refractivity contribution in [3.8, 4) is 0 Å². The van der Waals surface area contributed by atoms with E-state index < -0.39 is 6.43 Å². The molecule has 1 aliphatic heterocycles. The lowest BCUT2D eigenvalue weighted by Crippen LogP contribution is -2.42. The van der Waals surface area contributed by atoms with Crippen LogP contribution in [0.3, 0.4) is 0 Å². The van der Waals surface area contributed by atoms with Gasteiger partial charge in [-0.25, -0.2) is 8.78 Å². The van der Waals surface area contributed by atoms with Crippen molar-refractivity contribution >= 4 is 0 Å². The lowest BCUT2D eigenvalue weighted by Gasteiger charge is -2.34. The minimum absolute atomic E-state index is 0.0242. The number of nitrogens with zero attached hydrogens (tertiary/aromatic N) is 2. The van der Waals surface area contributed by atoms with Gasteiger partial charge in [0.15, 0.2) is 0 Å². The first-order chi connectivity index (χ1) is 10.0. The van der Waals surface area contributed by atoms with Crippen LogP contribution in [0, 0.1) is 0 Å². The third kappa shape index (κ3) is 3.99. The van der Waals surface area contributed by atoms with Crippen LogP contribution in [0.5, 0.6) is 0 Å². The average Bonchev–Trinajstić information content (AvgIpc) is 2.87. The van der Waals surface area contributed by atoms with E-state index in [4.69, 9.17) is 5.73 Å². The van der Waals surface area contributed by atoms with Crippen molar-refractivity contribution in [2.24, 2.45) is 5.73 Å². The third-order valence-electron chi connectivity index (χ3n) is 4.17. The van der Waals surface area contributed by atoms with E-state index in [2.05, 4.69) is 23.9 Å². The number of likely N-dealkylation sites (tertiary alicyclic amines) is 1. The van der Waals surface area contributed by atoms with Crippen molar-refractivity contribution in [1.29, 1.82) is 0 Å². The van der Waals surface area contributed by atoms with Crippen LogP contribution in [0.25, 0.3) is 0 Å². The Kier molecular flexibility index (Phi) is 5.67. The molecule has 2 unspecified atom stereocenters. The zero-order valence-corrected chi connectivity index (χ0v) is 12.8. The zero-order chi connectivity index (χ0) is 15.4. The highest BCUT2D eigenvalue weighted by Gasteiger charge is 2.31. The summed E-state index contributed by atoms with van der Waals surface area (Å²) in [5, 5.41) is 0. The molecule has 0 radical (unpaired) electrons. The minimum Gasteiger partial charge on any atom is -0.329 e. The number of hydrogen-bond acceptors (Lipinski definition) is 3. The number of likely N-dealkylation sites (N-methyl/N-ethyl adjacent to an activating group) is 1. The lowest BCUT2D eigenvalue weighted by atomic mass is 10.0. The van der Waals surface area contributed by atoms with E-state index in [1.54, 1.807) is 12.1 Å². The second-order valence-corrected chi connectivity index (χ2v) is 6.02. The fourth-order valence-corrected chi connectivity index (χ4v) is 3.25. The molecule has 0 bridgehead atoms. The third-order valence-corrected chi connectivity index (χ3v) is 4.17. The van der Waals surface area contributed by atoms with E-state index in [0.717, 1.165) is 31.5 Å². The molecule has 0 amide bonds. The molecule has 118 valence electrons. The molecule has 0 aliphatic carbocycles. The van der Waals surface area contributed by atoms with Gasteiger partial charge in [-0.05, 0) is 45.1 Å². The molecule has 0 aromatic heterocycles. The number of benzene rings is 1. The molecule has 1 aromatic carbocycles. The summed E-state index contributed by atoms with van der Waals surface area (Å²) in [7, 11) is 4.12. The molecule has 1 heterocycles. The Balaban J connectivity index is 2.20. The Morgan fingerprint density at radius 1 is 1.33 bits per heavy atom. The van der Waals surface area contributed by atoms with Gasteiger partial charge in [-0.15, -0.1) is 0 Å². The molecule has 2 atom stereocenters. The fourth-order valence-electron chi connectivity index (χ4n) is 3.25. The van der Waals surface area contributed by atoms with Crippen molar-refractivity contribution in [3.05, 3.63) is 35.4 Å². The highest BCUT2D eigenvalue weighted by molar-refractivity contribution is 5.27. The first-order valence-corrected chi connectivity index (χ1v) is 7.51. The predicted molar refractivity (Wildman–Crippen MR) is 81.5 cm³/mol. The van der Waals surface area contributed by atoms with E-state index >= 15 is 0 Å². The SMILES string of the molecule is CN(C)CC1CCCN1C(CN)c1cccc(C(F)F)c1. The Morgan fingerprint density at radius 2 is 2.05 bits per heavy atom. The molecular weight excluding hydrogens is 272 g/mol. The summed E-state index contributed by atoms with van der Waals surface area (Å²) in [6.45, 7) is 2.42. The van der Waals surface area contributed by atoms with Crippen LogP contribution in [0.15, 0.2) is 24.3 Å². The van der Waals surface area contributed by atoms with Crippen LogP contribution in [0.4, 0.5) is 8.78 Å². The van der Waals surface area contributed by atoms with Crippen molar-refractivity contribution in [2.45, 2.75) is 31.4 Å². The topological polar surface area (TPSA) is 32.5 Å². The highest BCUT2D eigenvalue weighted by atomic mass is 19.3. The van der Waals surface area contributed by atoms with E-state index in [1.165, 1.54) is 6.07 Å². The maximum absolute atomic E-state index is 12.9. The van der Waals surface area contributed by atoms with Gasteiger partial charge in [0.05, 0.1) is 0 Å². The molecule has 0 spiro atoms. The molecule has 1 aromatic rings. The Morgan fingerprint density at radius 3 is 2.67 bits per heavy atom. The molecule has 1 aliphatic rings. The van der Waals surface area contributed by atoms with Gasteiger partial charge >= 0.3 is 0 Å². The molecule has 5 heteroatoms. The Hall–Kier alpha value is -1.04. The van der Waals surface area contributed by atoms with E-state index in [1.807, 2.05) is 6.07 Å². The van der Waals surface area contributed by atoms with Gasteiger partial charge in [0.2, 0.25) is 0 Å². The molecule has 1 fully saturated rings. The fraction of sp³-hybridized carbons (Fsp3) is 0.625. The van der Waals surface area contributed by atoms with E-state index in [-0.39, 0.29) is 11.6 Å². The zero-order valence-electron chi connectivity index (χ0n) is 12.8. The summed E-state index contributed by atoms with van der Waals surface area (Å²) in [6, 6.07) is 7.17. The Bertz CT molecular complexity index is 451. The number of halogens is 2. The highest BCUT2D eigenvalue weighted by Crippen LogP contribution is 2.31. The van der Waals surface area contributed by atoms with Gasteiger partial charge in [0, 0.05) is 30.7 Å². The van der Waals surface area contributed by atoms with Crippen molar-refractivity contribution in [2.75, 3.05) is 33.7 Å². The van der Waals surface area contributed by atoms with Crippen LogP contribution >= 0.6 is 0 Å². The molecule has 0 saturated carbocycles. The quantitative estimate of drug-likeness (QED) is 0.876. The smallest absolute Gasteiger partial charge is 0.263 e. The van der Waals surface area contributed by atoms with Gasteiger partial charge in [0.25, 0.3) is 6.43 Å². The molecular formula is C16H25F2N3. The maximum Gasteiger partial charge on any atom is 0.263 e. The summed E-state index contributed by atoms with van der Waals surface area (Å²) >= 11 is 0. The average molecular weight is 297 g/mol. The Labute approximate surface area is 125 Å². The standard InChI is InChI=1S/C16H25F2N3/c1-20(2)11-14-7-4-8-21(14)15(10-19)12-5-3-6-13(9-12)16(17)18/h3,5-6,9,14-16H,4,7-8,10-11,19H2,1-2H3. The van der Waals surface area contributed by atoms with Crippen molar-refractivity contribution in [3.63, 3.8) is 0 Å². The van der Waals surface area contributed by atoms with Crippen molar-refractivity contribution < 1.29 is 8.78 Å². The molecule has 21 heavy (non-hydrogen) atoms. The van der Waals surface area contributed by atoms with Gasteiger partial charge in [-0.2, -0.15) is 0 Å². The minimum atomic E-state index is -2.43. The second-order valence-electron chi connectivity index (χ2n) is 6.02. The maximum atomic E-state index is 12.9. The molecule has 2 rings (SSSR count). The molecule has 3 nitrogen and oxygen atoms in total. The molecule has 2 N–H and O–H groups in total. The number of alkyl halides is 2. The number of rotatable bonds is 6. The lowest BCUT2D eigenvalue weighted by molar-refractivity contribution is 0.148. The van der Waals surface area contributed by atoms with Gasteiger partial charge in [0.1, 0.15) is 0 Å². The number of nitrogens with two attached hydrogens (primary N) is 1. The summed E-state index contributed by atoms with van der Waals surface area (Å²) < 4.78 is 25.8. The second kappa shape index (κ2) is 7.29. The molecule has 1 saturated heterocycles. The van der Waals surface area contributed by atoms with Crippen LogP contribution in [0.2, 0.25) is 0 Å². The monoisotopic (exact) mass is 297 g/mol. The van der Waals surface area contributed by atoms with Crippen LogP contribution in [-0.4, -0.2) is 49.6 Å². The van der Waals surface area contributed by atoms with E-state index in [9.17, 15) is 8.78 Å². The predicted octanol–water partition coefficient (Wildman–Crippen LogP) is 2.65.